The molecule has 1 aliphatic rings. The van der Waals surface area contributed by atoms with Gasteiger partial charge in [0.1, 0.15) is 5.60 Å². The summed E-state index contributed by atoms with van der Waals surface area (Å²) in [6.07, 6.45) is -1.22. The SMILES string of the molecule is COC(=O)[C@@H]1CN(C(=O)OC(C)(C)C)CC(C)(C)O1. The highest BCUT2D eigenvalue weighted by Gasteiger charge is 2.40. The second-order valence-electron chi connectivity index (χ2n) is 6.25. The van der Waals surface area contributed by atoms with Crippen LogP contribution < -0.4 is 0 Å². The number of nitrogens with zero attached hydrogens (tertiary/aromatic N) is 1. The molecule has 1 heterocycles. The molecule has 0 unspecified atom stereocenters. The summed E-state index contributed by atoms with van der Waals surface area (Å²) in [5.41, 5.74) is -1.19. The van der Waals surface area contributed by atoms with Crippen molar-refractivity contribution >= 4 is 12.1 Å². The van der Waals surface area contributed by atoms with Crippen molar-refractivity contribution in [3.8, 4) is 0 Å². The molecule has 1 saturated heterocycles. The standard InChI is InChI=1S/C13H23NO5/c1-12(2,3)19-11(16)14-7-9(10(15)17-6)18-13(4,5)8-14/h9H,7-8H2,1-6H3/t9-/m0/s1. The first kappa shape index (κ1) is 15.8. The Morgan fingerprint density at radius 3 is 2.37 bits per heavy atom. The minimum atomic E-state index is -0.777. The zero-order valence-corrected chi connectivity index (χ0v) is 12.5. The maximum Gasteiger partial charge on any atom is 0.410 e. The van der Waals surface area contributed by atoms with Crippen molar-refractivity contribution in [1.82, 2.24) is 4.90 Å². The number of hydrogen-bond acceptors (Lipinski definition) is 5. The molecule has 0 saturated carbocycles. The fourth-order valence-electron chi connectivity index (χ4n) is 1.90. The first-order valence-corrected chi connectivity index (χ1v) is 6.28. The Morgan fingerprint density at radius 1 is 1.32 bits per heavy atom. The molecular weight excluding hydrogens is 250 g/mol. The van der Waals surface area contributed by atoms with E-state index in [0.717, 1.165) is 0 Å². The summed E-state index contributed by atoms with van der Waals surface area (Å²) >= 11 is 0. The molecule has 1 fully saturated rings. The smallest absolute Gasteiger partial charge is 0.410 e. The molecule has 19 heavy (non-hydrogen) atoms. The largest absolute Gasteiger partial charge is 0.467 e. The van der Waals surface area contributed by atoms with E-state index in [1.165, 1.54) is 12.0 Å². The maximum absolute atomic E-state index is 12.1. The Morgan fingerprint density at radius 2 is 1.89 bits per heavy atom. The van der Waals surface area contributed by atoms with Gasteiger partial charge in [0, 0.05) is 0 Å². The number of amides is 1. The quantitative estimate of drug-likeness (QED) is 0.679. The molecule has 1 amide bonds. The van der Waals surface area contributed by atoms with E-state index in [1.807, 2.05) is 13.8 Å². The third-order valence-corrected chi connectivity index (χ3v) is 2.53. The third kappa shape index (κ3) is 4.70. The monoisotopic (exact) mass is 273 g/mol. The predicted molar refractivity (Wildman–Crippen MR) is 68.8 cm³/mol. The molecule has 0 bridgehead atoms. The second-order valence-corrected chi connectivity index (χ2v) is 6.25. The lowest BCUT2D eigenvalue weighted by molar-refractivity contribution is -0.179. The Kier molecular flexibility index (Phi) is 4.45. The van der Waals surface area contributed by atoms with Gasteiger partial charge < -0.3 is 19.1 Å². The van der Waals surface area contributed by atoms with Crippen LogP contribution in [0.5, 0.6) is 0 Å². The molecule has 0 aromatic rings. The highest BCUT2D eigenvalue weighted by molar-refractivity contribution is 5.76. The summed E-state index contributed by atoms with van der Waals surface area (Å²) in [5.74, 6) is -0.485. The number of carbonyl (C=O) groups is 2. The van der Waals surface area contributed by atoms with Crippen LogP contribution in [0.25, 0.3) is 0 Å². The maximum atomic E-state index is 12.1. The van der Waals surface area contributed by atoms with E-state index in [0.29, 0.717) is 6.54 Å². The Hall–Kier alpha value is -1.30. The topological polar surface area (TPSA) is 65.1 Å². The lowest BCUT2D eigenvalue weighted by atomic mass is 10.1. The average Bonchev–Trinajstić information content (AvgIpc) is 2.23. The Labute approximate surface area is 114 Å². The molecule has 1 atom stereocenters. The number of ether oxygens (including phenoxy) is 3. The summed E-state index contributed by atoms with van der Waals surface area (Å²) in [4.78, 5) is 25.1. The molecule has 0 aromatic heterocycles. The number of hydrogen-bond donors (Lipinski definition) is 0. The van der Waals surface area contributed by atoms with E-state index in [4.69, 9.17) is 9.47 Å². The summed E-state index contributed by atoms with van der Waals surface area (Å²) < 4.78 is 15.6. The normalized spacial score (nSPS) is 22.8. The first-order chi connectivity index (χ1) is 8.54. The van der Waals surface area contributed by atoms with E-state index in [-0.39, 0.29) is 6.54 Å². The van der Waals surface area contributed by atoms with Crippen LogP contribution in [0.1, 0.15) is 34.6 Å². The molecule has 0 radical (unpaired) electrons. The fraction of sp³-hybridized carbons (Fsp3) is 0.846. The minimum Gasteiger partial charge on any atom is -0.467 e. The highest BCUT2D eigenvalue weighted by Crippen LogP contribution is 2.23. The van der Waals surface area contributed by atoms with Gasteiger partial charge in [-0.05, 0) is 34.6 Å². The van der Waals surface area contributed by atoms with E-state index >= 15 is 0 Å². The van der Waals surface area contributed by atoms with Gasteiger partial charge in [0.2, 0.25) is 0 Å². The first-order valence-electron chi connectivity index (χ1n) is 6.28. The summed E-state index contributed by atoms with van der Waals surface area (Å²) in [6, 6.07) is 0. The second kappa shape index (κ2) is 5.36. The van der Waals surface area contributed by atoms with Crippen molar-refractivity contribution in [1.29, 1.82) is 0 Å². The molecule has 6 nitrogen and oxygen atoms in total. The van der Waals surface area contributed by atoms with Crippen molar-refractivity contribution in [3.05, 3.63) is 0 Å². The Bertz CT molecular complexity index is 359. The van der Waals surface area contributed by atoms with Crippen molar-refractivity contribution in [2.24, 2.45) is 0 Å². The van der Waals surface area contributed by atoms with Gasteiger partial charge in [-0.3, -0.25) is 0 Å². The molecule has 0 aliphatic carbocycles. The van der Waals surface area contributed by atoms with Gasteiger partial charge in [-0.15, -0.1) is 0 Å². The van der Waals surface area contributed by atoms with Crippen molar-refractivity contribution in [2.45, 2.75) is 51.9 Å². The van der Waals surface area contributed by atoms with Gasteiger partial charge in [-0.1, -0.05) is 0 Å². The van der Waals surface area contributed by atoms with Gasteiger partial charge in [0.05, 0.1) is 25.8 Å². The molecule has 1 rings (SSSR count). The van der Waals surface area contributed by atoms with Crippen molar-refractivity contribution in [3.63, 3.8) is 0 Å². The minimum absolute atomic E-state index is 0.144. The summed E-state index contributed by atoms with van der Waals surface area (Å²) in [7, 11) is 1.30. The van der Waals surface area contributed by atoms with Crippen molar-refractivity contribution < 1.29 is 23.8 Å². The number of methoxy groups -OCH3 is 1. The summed E-state index contributed by atoms with van der Waals surface area (Å²) in [6.45, 7) is 9.55. The number of morpholine rings is 1. The van der Waals surface area contributed by atoms with E-state index in [1.54, 1.807) is 20.8 Å². The zero-order chi connectivity index (χ0) is 14.8. The zero-order valence-electron chi connectivity index (χ0n) is 12.5. The van der Waals surface area contributed by atoms with E-state index in [9.17, 15) is 9.59 Å². The molecular formula is C13H23NO5. The van der Waals surface area contributed by atoms with Crippen LogP contribution in [-0.4, -0.2) is 54.5 Å². The van der Waals surface area contributed by atoms with Gasteiger partial charge in [-0.25, -0.2) is 9.59 Å². The predicted octanol–water partition coefficient (Wildman–Crippen LogP) is 1.57. The number of rotatable bonds is 1. The van der Waals surface area contributed by atoms with Crippen LogP contribution >= 0.6 is 0 Å². The van der Waals surface area contributed by atoms with Crippen LogP contribution in [-0.2, 0) is 19.0 Å². The molecule has 1 aliphatic heterocycles. The van der Waals surface area contributed by atoms with Gasteiger partial charge in [0.25, 0.3) is 0 Å². The van der Waals surface area contributed by atoms with E-state index < -0.39 is 29.4 Å². The molecule has 110 valence electrons. The third-order valence-electron chi connectivity index (χ3n) is 2.53. The Balaban J connectivity index is 2.78. The lowest BCUT2D eigenvalue weighted by Gasteiger charge is -2.41. The van der Waals surface area contributed by atoms with Crippen LogP contribution in [0.15, 0.2) is 0 Å². The molecule has 0 aromatic carbocycles. The number of esters is 1. The highest BCUT2D eigenvalue weighted by atomic mass is 16.6. The molecule has 0 N–H and O–H groups in total. The van der Waals surface area contributed by atoms with Crippen molar-refractivity contribution in [2.75, 3.05) is 20.2 Å². The van der Waals surface area contributed by atoms with Crippen LogP contribution in [0.4, 0.5) is 4.79 Å². The van der Waals surface area contributed by atoms with Crippen LogP contribution in [0.3, 0.4) is 0 Å². The number of carbonyl (C=O) groups excluding carboxylic acids is 2. The average molecular weight is 273 g/mol. The van der Waals surface area contributed by atoms with E-state index in [2.05, 4.69) is 4.74 Å². The van der Waals surface area contributed by atoms with Crippen LogP contribution in [0, 0.1) is 0 Å². The summed E-state index contributed by atoms with van der Waals surface area (Å²) in [5, 5.41) is 0. The lowest BCUT2D eigenvalue weighted by Crippen LogP contribution is -2.57. The van der Waals surface area contributed by atoms with Gasteiger partial charge in [-0.2, -0.15) is 0 Å². The van der Waals surface area contributed by atoms with Gasteiger partial charge >= 0.3 is 12.1 Å². The molecule has 6 heteroatoms. The van der Waals surface area contributed by atoms with Gasteiger partial charge in [0.15, 0.2) is 6.10 Å². The molecule has 0 spiro atoms. The fourth-order valence-corrected chi connectivity index (χ4v) is 1.90. The van der Waals surface area contributed by atoms with Crippen LogP contribution in [0.2, 0.25) is 0 Å².